The van der Waals surface area contributed by atoms with E-state index >= 15 is 0 Å². The van der Waals surface area contributed by atoms with Gasteiger partial charge in [-0.1, -0.05) is 60.7 Å². The van der Waals surface area contributed by atoms with Gasteiger partial charge in [0.05, 0.1) is 29.7 Å². The van der Waals surface area contributed by atoms with Crippen molar-refractivity contribution in [2.45, 2.75) is 25.9 Å². The van der Waals surface area contributed by atoms with Crippen LogP contribution in [0.2, 0.25) is 0 Å². The average Bonchev–Trinajstić information content (AvgIpc) is 3.50. The van der Waals surface area contributed by atoms with Crippen LogP contribution in [-0.4, -0.2) is 31.8 Å². The summed E-state index contributed by atoms with van der Waals surface area (Å²) in [5.41, 5.74) is 5.45. The minimum atomic E-state index is -0.492. The summed E-state index contributed by atoms with van der Waals surface area (Å²) in [5, 5.41) is 7.98. The highest BCUT2D eigenvalue weighted by atomic mass is 19.1. The lowest BCUT2D eigenvalue weighted by Crippen LogP contribution is -2.42. The Balaban J connectivity index is 1.44. The molecule has 2 aromatic heterocycles. The smallest absolute Gasteiger partial charge is 0.318 e. The van der Waals surface area contributed by atoms with Crippen molar-refractivity contribution in [2.75, 3.05) is 6.54 Å². The Morgan fingerprint density at radius 2 is 1.74 bits per heavy atom. The maximum atomic E-state index is 14.5. The van der Waals surface area contributed by atoms with Crippen LogP contribution in [-0.2, 0) is 13.0 Å². The zero-order valence-corrected chi connectivity index (χ0v) is 21.1. The van der Waals surface area contributed by atoms with E-state index < -0.39 is 6.04 Å². The number of urea groups is 1. The van der Waals surface area contributed by atoms with E-state index in [1.54, 1.807) is 11.0 Å². The number of halogens is 1. The van der Waals surface area contributed by atoms with E-state index in [0.29, 0.717) is 18.7 Å². The fraction of sp³-hybridized carbons (Fsp3) is 0.161. The summed E-state index contributed by atoms with van der Waals surface area (Å²) in [6.45, 7) is 2.79. The first kappa shape index (κ1) is 23.7. The van der Waals surface area contributed by atoms with Gasteiger partial charge in [-0.15, -0.1) is 0 Å². The standard InChI is InChI=1S/C31H28FN5O/c1-22-27-21-36(31(38)33-18-17-23-10-4-2-5-11-23)29(24-12-8-13-25(32)20-24)28-16-9-19-35(28)30(27)37(34-22)26-14-6-3-7-15-26/h2-16,19-20,29H,17-18,21H2,1H3,(H,33,38)/t29-/m1/s1. The molecule has 0 saturated carbocycles. The monoisotopic (exact) mass is 505 g/mol. The number of nitrogens with one attached hydrogen (secondary N) is 1. The Bertz CT molecular complexity index is 1570. The van der Waals surface area contributed by atoms with Crippen molar-refractivity contribution >= 4 is 6.03 Å². The summed E-state index contributed by atoms with van der Waals surface area (Å²) in [7, 11) is 0. The molecule has 0 bridgehead atoms. The molecular weight excluding hydrogens is 477 g/mol. The van der Waals surface area contributed by atoms with Crippen LogP contribution in [0.1, 0.15) is 34.1 Å². The van der Waals surface area contributed by atoms with E-state index in [-0.39, 0.29) is 11.8 Å². The zero-order valence-electron chi connectivity index (χ0n) is 21.1. The lowest BCUT2D eigenvalue weighted by molar-refractivity contribution is 0.180. The van der Waals surface area contributed by atoms with Crippen LogP contribution in [0.5, 0.6) is 0 Å². The number of nitrogens with zero attached hydrogens (tertiary/aromatic N) is 4. The highest BCUT2D eigenvalue weighted by molar-refractivity contribution is 5.76. The SMILES string of the molecule is Cc1nn(-c2ccccc2)c2c1CN(C(=O)NCCc1ccccc1)[C@H](c1cccc(F)c1)c1cccn1-2. The number of rotatable bonds is 5. The number of para-hydroxylation sites is 1. The first-order valence-electron chi connectivity index (χ1n) is 12.8. The van der Waals surface area contributed by atoms with Crippen LogP contribution in [0, 0.1) is 12.7 Å². The topological polar surface area (TPSA) is 55.1 Å². The Morgan fingerprint density at radius 1 is 0.974 bits per heavy atom. The molecule has 0 fully saturated rings. The minimum Gasteiger partial charge on any atom is -0.338 e. The molecule has 38 heavy (non-hydrogen) atoms. The van der Waals surface area contributed by atoms with Gasteiger partial charge in [0, 0.05) is 18.3 Å². The fourth-order valence-corrected chi connectivity index (χ4v) is 5.24. The molecule has 0 radical (unpaired) electrons. The van der Waals surface area contributed by atoms with Gasteiger partial charge in [0.25, 0.3) is 0 Å². The number of aromatic nitrogens is 3. The highest BCUT2D eigenvalue weighted by Gasteiger charge is 2.36. The van der Waals surface area contributed by atoms with Crippen LogP contribution >= 0.6 is 0 Å². The summed E-state index contributed by atoms with van der Waals surface area (Å²) in [5.74, 6) is 0.549. The first-order valence-corrected chi connectivity index (χ1v) is 12.8. The summed E-state index contributed by atoms with van der Waals surface area (Å²) in [6, 6.07) is 29.8. The van der Waals surface area contributed by atoms with E-state index in [2.05, 4.69) is 9.88 Å². The quantitative estimate of drug-likeness (QED) is 0.320. The normalized spacial score (nSPS) is 14.5. The third kappa shape index (κ3) is 4.36. The van der Waals surface area contributed by atoms with Crippen molar-refractivity contribution in [1.29, 1.82) is 0 Å². The number of aryl methyl sites for hydroxylation is 1. The van der Waals surface area contributed by atoms with Crippen molar-refractivity contribution in [2.24, 2.45) is 0 Å². The molecule has 0 spiro atoms. The molecule has 3 heterocycles. The summed E-state index contributed by atoms with van der Waals surface area (Å²) < 4.78 is 18.5. The summed E-state index contributed by atoms with van der Waals surface area (Å²) in [6.07, 6.45) is 2.70. The number of carbonyl (C=O) groups excluding carboxylic acids is 1. The van der Waals surface area contributed by atoms with Gasteiger partial charge >= 0.3 is 6.03 Å². The zero-order chi connectivity index (χ0) is 26.1. The first-order chi connectivity index (χ1) is 18.6. The Morgan fingerprint density at radius 3 is 2.50 bits per heavy atom. The van der Waals surface area contributed by atoms with Crippen molar-refractivity contribution in [3.63, 3.8) is 0 Å². The molecule has 0 saturated heterocycles. The fourth-order valence-electron chi connectivity index (χ4n) is 5.24. The maximum absolute atomic E-state index is 14.5. The van der Waals surface area contributed by atoms with Crippen LogP contribution in [0.3, 0.4) is 0 Å². The Hall–Kier alpha value is -4.65. The largest absolute Gasteiger partial charge is 0.338 e. The average molecular weight is 506 g/mol. The lowest BCUT2D eigenvalue weighted by Gasteiger charge is -2.31. The van der Waals surface area contributed by atoms with Crippen molar-refractivity contribution in [3.05, 3.63) is 137 Å². The second kappa shape index (κ2) is 10.0. The number of hydrogen-bond acceptors (Lipinski definition) is 2. The van der Waals surface area contributed by atoms with E-state index in [9.17, 15) is 9.18 Å². The molecule has 1 N–H and O–H groups in total. The number of fused-ring (bicyclic) bond motifs is 3. The number of carbonyl (C=O) groups is 1. The van der Waals surface area contributed by atoms with Crippen LogP contribution in [0.4, 0.5) is 9.18 Å². The maximum Gasteiger partial charge on any atom is 0.318 e. The van der Waals surface area contributed by atoms with Crippen LogP contribution < -0.4 is 5.32 Å². The molecule has 7 heteroatoms. The Kier molecular flexibility index (Phi) is 6.25. The molecule has 1 atom stereocenters. The van der Waals surface area contributed by atoms with Crippen molar-refractivity contribution in [1.82, 2.24) is 24.6 Å². The summed E-state index contributed by atoms with van der Waals surface area (Å²) in [4.78, 5) is 15.6. The van der Waals surface area contributed by atoms with Gasteiger partial charge in [-0.05, 0) is 60.9 Å². The van der Waals surface area contributed by atoms with Gasteiger partial charge in [-0.25, -0.2) is 13.9 Å². The van der Waals surface area contributed by atoms with Crippen LogP contribution in [0.25, 0.3) is 11.5 Å². The highest BCUT2D eigenvalue weighted by Crippen LogP contribution is 2.38. The predicted octanol–water partition coefficient (Wildman–Crippen LogP) is 5.97. The van der Waals surface area contributed by atoms with Gasteiger partial charge in [0.15, 0.2) is 0 Å². The van der Waals surface area contributed by atoms with Crippen molar-refractivity contribution < 1.29 is 9.18 Å². The third-order valence-corrected chi connectivity index (χ3v) is 7.04. The molecule has 3 aromatic carbocycles. The minimum absolute atomic E-state index is 0.206. The van der Waals surface area contributed by atoms with Crippen molar-refractivity contribution in [3.8, 4) is 11.5 Å². The Labute approximate surface area is 221 Å². The molecule has 2 amide bonds. The number of hydrogen-bond donors (Lipinski definition) is 1. The molecule has 190 valence electrons. The number of benzene rings is 3. The second-order valence-corrected chi connectivity index (χ2v) is 9.49. The predicted molar refractivity (Wildman–Crippen MR) is 145 cm³/mol. The number of amides is 2. The molecule has 6 rings (SSSR count). The summed E-state index contributed by atoms with van der Waals surface area (Å²) >= 11 is 0. The molecule has 1 aliphatic rings. The van der Waals surface area contributed by atoms with Gasteiger partial charge in [-0.2, -0.15) is 5.10 Å². The lowest BCUT2D eigenvalue weighted by atomic mass is 10.0. The van der Waals surface area contributed by atoms with E-state index in [1.807, 2.05) is 96.7 Å². The molecule has 0 unspecified atom stereocenters. The molecule has 1 aliphatic heterocycles. The van der Waals surface area contributed by atoms with Gasteiger partial charge in [0.2, 0.25) is 0 Å². The van der Waals surface area contributed by atoms with E-state index in [4.69, 9.17) is 5.10 Å². The van der Waals surface area contributed by atoms with Gasteiger partial charge < -0.3 is 14.8 Å². The molecule has 0 aliphatic carbocycles. The molecular formula is C31H28FN5O. The molecule has 6 nitrogen and oxygen atoms in total. The van der Waals surface area contributed by atoms with Crippen LogP contribution in [0.15, 0.2) is 103 Å². The third-order valence-electron chi connectivity index (χ3n) is 7.04. The second-order valence-electron chi connectivity index (χ2n) is 9.49. The van der Waals surface area contributed by atoms with E-state index in [1.165, 1.54) is 12.1 Å². The molecule has 5 aromatic rings. The van der Waals surface area contributed by atoms with E-state index in [0.717, 1.165) is 40.4 Å². The van der Waals surface area contributed by atoms with Gasteiger partial charge in [-0.3, -0.25) is 0 Å². The van der Waals surface area contributed by atoms with Gasteiger partial charge in [0.1, 0.15) is 11.6 Å².